The van der Waals surface area contributed by atoms with Gasteiger partial charge in [0.05, 0.1) is 7.11 Å². The van der Waals surface area contributed by atoms with Crippen molar-refractivity contribution < 1.29 is 9.53 Å². The van der Waals surface area contributed by atoms with Crippen LogP contribution in [0.3, 0.4) is 0 Å². The van der Waals surface area contributed by atoms with Crippen LogP contribution in [-0.4, -0.2) is 19.6 Å². The molecule has 0 unspecified atom stereocenters. The van der Waals surface area contributed by atoms with E-state index in [1.54, 1.807) is 7.11 Å². The maximum atomic E-state index is 12.2. The van der Waals surface area contributed by atoms with E-state index >= 15 is 0 Å². The zero-order valence-electron chi connectivity index (χ0n) is 16.4. The van der Waals surface area contributed by atoms with Gasteiger partial charge < -0.3 is 15.4 Å². The number of para-hydroxylation sites is 1. The molecule has 0 bridgehead atoms. The molecule has 4 nitrogen and oxygen atoms in total. The van der Waals surface area contributed by atoms with Crippen molar-refractivity contribution in [3.63, 3.8) is 0 Å². The van der Waals surface area contributed by atoms with Crippen LogP contribution >= 0.6 is 0 Å². The molecule has 140 valence electrons. The number of amides is 1. The first kappa shape index (κ1) is 19.8. The SMILES string of the molecule is COc1ccc(NC(=O)CCNc2c(C(C)C)cccc2C(C)C)cc1. The van der Waals surface area contributed by atoms with Crippen molar-refractivity contribution in [2.75, 3.05) is 24.3 Å². The largest absolute Gasteiger partial charge is 0.497 e. The quantitative estimate of drug-likeness (QED) is 0.669. The number of carbonyl (C=O) groups excluding carboxylic acids is 1. The predicted molar refractivity (Wildman–Crippen MR) is 109 cm³/mol. The third-order valence-electron chi connectivity index (χ3n) is 4.40. The Balaban J connectivity index is 1.97. The Bertz CT molecular complexity index is 695. The van der Waals surface area contributed by atoms with Crippen molar-refractivity contribution in [3.8, 4) is 5.75 Å². The molecule has 4 heteroatoms. The average molecular weight is 354 g/mol. The Morgan fingerprint density at radius 3 is 2.04 bits per heavy atom. The van der Waals surface area contributed by atoms with Crippen molar-refractivity contribution in [2.24, 2.45) is 0 Å². The second-order valence-electron chi connectivity index (χ2n) is 7.07. The number of hydrogen-bond acceptors (Lipinski definition) is 3. The van der Waals surface area contributed by atoms with E-state index in [-0.39, 0.29) is 5.91 Å². The first-order chi connectivity index (χ1) is 12.4. The van der Waals surface area contributed by atoms with E-state index in [2.05, 4.69) is 56.5 Å². The molecule has 2 aromatic carbocycles. The lowest BCUT2D eigenvalue weighted by atomic mass is 9.92. The third-order valence-corrected chi connectivity index (χ3v) is 4.40. The zero-order valence-corrected chi connectivity index (χ0v) is 16.4. The molecule has 0 aliphatic carbocycles. The van der Waals surface area contributed by atoms with E-state index in [4.69, 9.17) is 4.74 Å². The van der Waals surface area contributed by atoms with Gasteiger partial charge in [-0.2, -0.15) is 0 Å². The molecule has 2 aromatic rings. The van der Waals surface area contributed by atoms with Crippen molar-refractivity contribution in [2.45, 2.75) is 46.0 Å². The van der Waals surface area contributed by atoms with Gasteiger partial charge in [0.2, 0.25) is 5.91 Å². The predicted octanol–water partition coefficient (Wildman–Crippen LogP) is 5.38. The van der Waals surface area contributed by atoms with Gasteiger partial charge in [0, 0.05) is 24.3 Å². The Morgan fingerprint density at radius 1 is 0.962 bits per heavy atom. The Labute approximate surface area is 157 Å². The minimum absolute atomic E-state index is 0.00390. The van der Waals surface area contributed by atoms with Gasteiger partial charge in [0.1, 0.15) is 5.75 Å². The van der Waals surface area contributed by atoms with Crippen LogP contribution in [0.2, 0.25) is 0 Å². The fourth-order valence-corrected chi connectivity index (χ4v) is 2.95. The van der Waals surface area contributed by atoms with Crippen LogP contribution in [0.5, 0.6) is 5.75 Å². The molecule has 1 amide bonds. The van der Waals surface area contributed by atoms with Crippen molar-refractivity contribution in [1.29, 1.82) is 0 Å². The van der Waals surface area contributed by atoms with Gasteiger partial charge in [-0.3, -0.25) is 4.79 Å². The van der Waals surface area contributed by atoms with Crippen LogP contribution in [0.4, 0.5) is 11.4 Å². The lowest BCUT2D eigenvalue weighted by Gasteiger charge is -2.20. The summed E-state index contributed by atoms with van der Waals surface area (Å²) in [5, 5.41) is 6.42. The molecule has 2 rings (SSSR count). The number of ether oxygens (including phenoxy) is 1. The van der Waals surface area contributed by atoms with Gasteiger partial charge in [-0.25, -0.2) is 0 Å². The fraction of sp³-hybridized carbons (Fsp3) is 0.409. The highest BCUT2D eigenvalue weighted by Gasteiger charge is 2.13. The minimum Gasteiger partial charge on any atom is -0.497 e. The summed E-state index contributed by atoms with van der Waals surface area (Å²) in [5.74, 6) is 1.64. The fourth-order valence-electron chi connectivity index (χ4n) is 2.95. The summed E-state index contributed by atoms with van der Waals surface area (Å²) in [7, 11) is 1.62. The number of anilines is 2. The van der Waals surface area contributed by atoms with Gasteiger partial charge in [-0.1, -0.05) is 45.9 Å². The smallest absolute Gasteiger partial charge is 0.226 e. The average Bonchev–Trinajstić information content (AvgIpc) is 2.62. The number of nitrogens with one attached hydrogen (secondary N) is 2. The molecule has 0 aliphatic heterocycles. The van der Waals surface area contributed by atoms with Crippen LogP contribution in [0.15, 0.2) is 42.5 Å². The topological polar surface area (TPSA) is 50.4 Å². The van der Waals surface area contributed by atoms with Crippen molar-refractivity contribution >= 4 is 17.3 Å². The summed E-state index contributed by atoms with van der Waals surface area (Å²) < 4.78 is 5.13. The van der Waals surface area contributed by atoms with E-state index in [0.29, 0.717) is 24.8 Å². The molecule has 0 spiro atoms. The molecule has 0 heterocycles. The molecule has 0 atom stereocenters. The molecular formula is C22H30N2O2. The van der Waals surface area contributed by atoms with Gasteiger partial charge in [0.15, 0.2) is 0 Å². The van der Waals surface area contributed by atoms with Crippen molar-refractivity contribution in [3.05, 3.63) is 53.6 Å². The second-order valence-corrected chi connectivity index (χ2v) is 7.07. The van der Waals surface area contributed by atoms with Gasteiger partial charge in [0.25, 0.3) is 0 Å². The van der Waals surface area contributed by atoms with Crippen LogP contribution in [-0.2, 0) is 4.79 Å². The van der Waals surface area contributed by atoms with E-state index < -0.39 is 0 Å². The van der Waals surface area contributed by atoms with Crippen LogP contribution in [0, 0.1) is 0 Å². The Morgan fingerprint density at radius 2 is 1.54 bits per heavy atom. The maximum absolute atomic E-state index is 12.2. The number of carbonyl (C=O) groups is 1. The van der Waals surface area contributed by atoms with Crippen LogP contribution < -0.4 is 15.4 Å². The molecule has 0 radical (unpaired) electrons. The third kappa shape index (κ3) is 5.25. The lowest BCUT2D eigenvalue weighted by Crippen LogP contribution is -2.17. The molecule has 0 aromatic heterocycles. The first-order valence-electron chi connectivity index (χ1n) is 9.23. The molecular weight excluding hydrogens is 324 g/mol. The summed E-state index contributed by atoms with van der Waals surface area (Å²) in [6, 6.07) is 13.8. The standard InChI is InChI=1S/C22H30N2O2/c1-15(2)19-7-6-8-20(16(3)4)22(19)23-14-13-21(25)24-17-9-11-18(26-5)12-10-17/h6-12,15-16,23H,13-14H2,1-5H3,(H,24,25). The number of hydrogen-bond donors (Lipinski definition) is 2. The maximum Gasteiger partial charge on any atom is 0.226 e. The van der Waals surface area contributed by atoms with E-state index in [0.717, 1.165) is 11.4 Å². The van der Waals surface area contributed by atoms with E-state index in [1.165, 1.54) is 16.8 Å². The van der Waals surface area contributed by atoms with Gasteiger partial charge in [-0.15, -0.1) is 0 Å². The van der Waals surface area contributed by atoms with Crippen molar-refractivity contribution in [1.82, 2.24) is 0 Å². The molecule has 0 saturated carbocycles. The first-order valence-corrected chi connectivity index (χ1v) is 9.23. The summed E-state index contributed by atoms with van der Waals surface area (Å²) in [4.78, 5) is 12.2. The second kappa shape index (κ2) is 9.27. The Kier molecular flexibility index (Phi) is 7.07. The molecule has 0 saturated heterocycles. The van der Waals surface area contributed by atoms with Crippen LogP contribution in [0.1, 0.15) is 57.1 Å². The summed E-state index contributed by atoms with van der Waals surface area (Å²) in [6.07, 6.45) is 0.413. The number of rotatable bonds is 8. The van der Waals surface area contributed by atoms with E-state index in [9.17, 15) is 4.79 Å². The number of methoxy groups -OCH3 is 1. The van der Waals surface area contributed by atoms with Gasteiger partial charge >= 0.3 is 0 Å². The molecule has 2 N–H and O–H groups in total. The summed E-state index contributed by atoms with van der Waals surface area (Å²) in [5.41, 5.74) is 4.55. The highest BCUT2D eigenvalue weighted by atomic mass is 16.5. The summed E-state index contributed by atoms with van der Waals surface area (Å²) >= 11 is 0. The molecule has 0 aliphatic rings. The molecule has 26 heavy (non-hydrogen) atoms. The summed E-state index contributed by atoms with van der Waals surface area (Å²) in [6.45, 7) is 9.38. The monoisotopic (exact) mass is 354 g/mol. The Hall–Kier alpha value is -2.49. The normalized spacial score (nSPS) is 10.9. The highest BCUT2D eigenvalue weighted by molar-refractivity contribution is 5.91. The molecule has 0 fully saturated rings. The van der Waals surface area contributed by atoms with E-state index in [1.807, 2.05) is 24.3 Å². The zero-order chi connectivity index (χ0) is 19.1. The van der Waals surface area contributed by atoms with Crippen LogP contribution in [0.25, 0.3) is 0 Å². The van der Waals surface area contributed by atoms with Gasteiger partial charge in [-0.05, 0) is 47.2 Å². The highest BCUT2D eigenvalue weighted by Crippen LogP contribution is 2.32. The minimum atomic E-state index is -0.00390. The number of benzene rings is 2. The lowest BCUT2D eigenvalue weighted by molar-refractivity contribution is -0.115.